The first kappa shape index (κ1) is 21.3. The highest BCUT2D eigenvalue weighted by Gasteiger charge is 2.23. The molecule has 0 amide bonds. The van der Waals surface area contributed by atoms with Gasteiger partial charge in [0.2, 0.25) is 0 Å². The molecule has 6 rings (SSSR count). The lowest BCUT2D eigenvalue weighted by molar-refractivity contribution is 0.492. The highest BCUT2D eigenvalue weighted by atomic mass is 32.2. The molecule has 0 aliphatic rings. The predicted octanol–water partition coefficient (Wildman–Crippen LogP) is 6.48. The first-order valence-corrected chi connectivity index (χ1v) is 12.8. The average molecular weight is 483 g/mol. The number of benzene rings is 5. The first-order chi connectivity index (χ1) is 16.9. The fourth-order valence-electron chi connectivity index (χ4n) is 4.63. The van der Waals surface area contributed by atoms with Crippen LogP contribution < -0.4 is 4.18 Å². The number of hydrogen-bond acceptors (Lipinski definition) is 4. The minimum absolute atomic E-state index is 0.00926. The standard InChI is InChI=1S/C28H19FN2O3S/c1-35(32,33)34-25-16-15-18(29)17-24(25)28-30-26-22-13-7-5-11-20(22)21-12-6-8-14-23(21)27(26)31(28)19-9-3-2-4-10-19/h2-17H,1H3. The second-order valence-corrected chi connectivity index (χ2v) is 9.90. The number of rotatable bonds is 4. The first-order valence-electron chi connectivity index (χ1n) is 11.0. The molecule has 1 heterocycles. The monoisotopic (exact) mass is 482 g/mol. The van der Waals surface area contributed by atoms with Gasteiger partial charge in [0.05, 0.1) is 22.9 Å². The van der Waals surface area contributed by atoms with Crippen LogP contribution in [0.25, 0.3) is 49.7 Å². The van der Waals surface area contributed by atoms with Gasteiger partial charge in [-0.1, -0.05) is 66.7 Å². The summed E-state index contributed by atoms with van der Waals surface area (Å²) in [6.07, 6.45) is 0.960. The van der Waals surface area contributed by atoms with E-state index in [0.717, 1.165) is 44.5 Å². The molecule has 5 aromatic carbocycles. The summed E-state index contributed by atoms with van der Waals surface area (Å²) in [5.74, 6) is -0.136. The summed E-state index contributed by atoms with van der Waals surface area (Å²) in [5, 5.41) is 4.03. The molecular formula is C28H19FN2O3S. The van der Waals surface area contributed by atoms with Gasteiger partial charge in [-0.05, 0) is 41.1 Å². The lowest BCUT2D eigenvalue weighted by Crippen LogP contribution is -2.08. The van der Waals surface area contributed by atoms with Crippen LogP contribution in [0.1, 0.15) is 0 Å². The van der Waals surface area contributed by atoms with Crippen molar-refractivity contribution in [1.82, 2.24) is 9.55 Å². The maximum absolute atomic E-state index is 14.5. The van der Waals surface area contributed by atoms with Crippen molar-refractivity contribution in [2.75, 3.05) is 6.26 Å². The SMILES string of the molecule is CS(=O)(=O)Oc1ccc(F)cc1-c1nc2c3ccccc3c3ccccc3c2n1-c1ccccc1. The molecule has 0 spiro atoms. The fraction of sp³-hybridized carbons (Fsp3) is 0.0357. The van der Waals surface area contributed by atoms with Crippen molar-refractivity contribution in [3.05, 3.63) is 103 Å². The number of halogens is 1. The molecule has 0 N–H and O–H groups in total. The van der Waals surface area contributed by atoms with Crippen LogP contribution in [0.3, 0.4) is 0 Å². The van der Waals surface area contributed by atoms with Gasteiger partial charge in [-0.3, -0.25) is 4.57 Å². The minimum Gasteiger partial charge on any atom is -0.382 e. The highest BCUT2D eigenvalue weighted by molar-refractivity contribution is 7.86. The van der Waals surface area contributed by atoms with Crippen molar-refractivity contribution in [2.45, 2.75) is 0 Å². The summed E-state index contributed by atoms with van der Waals surface area (Å²) in [6, 6.07) is 29.4. The molecule has 35 heavy (non-hydrogen) atoms. The summed E-state index contributed by atoms with van der Waals surface area (Å²) in [4.78, 5) is 4.99. The number of hydrogen-bond donors (Lipinski definition) is 0. The largest absolute Gasteiger partial charge is 0.382 e. The molecule has 0 saturated heterocycles. The second-order valence-electron chi connectivity index (χ2n) is 8.32. The average Bonchev–Trinajstić information content (AvgIpc) is 3.26. The molecule has 1 aromatic heterocycles. The van der Waals surface area contributed by atoms with Crippen LogP contribution in [-0.2, 0) is 10.1 Å². The van der Waals surface area contributed by atoms with E-state index in [1.54, 1.807) is 0 Å². The zero-order valence-electron chi connectivity index (χ0n) is 18.6. The molecule has 0 fully saturated rings. The van der Waals surface area contributed by atoms with Gasteiger partial charge in [0.15, 0.2) is 5.75 Å². The Morgan fingerprint density at radius 1 is 0.771 bits per heavy atom. The Hall–Kier alpha value is -4.23. The van der Waals surface area contributed by atoms with E-state index in [0.29, 0.717) is 5.82 Å². The Morgan fingerprint density at radius 3 is 2.06 bits per heavy atom. The minimum atomic E-state index is -3.86. The maximum atomic E-state index is 14.5. The van der Waals surface area contributed by atoms with Gasteiger partial charge in [-0.15, -0.1) is 0 Å². The Balaban J connectivity index is 1.84. The van der Waals surface area contributed by atoms with Crippen LogP contribution >= 0.6 is 0 Å². The zero-order valence-corrected chi connectivity index (χ0v) is 19.5. The molecule has 6 aromatic rings. The second kappa shape index (κ2) is 7.92. The molecule has 172 valence electrons. The van der Waals surface area contributed by atoms with Crippen LogP contribution in [0.2, 0.25) is 0 Å². The van der Waals surface area contributed by atoms with E-state index in [9.17, 15) is 12.8 Å². The van der Waals surface area contributed by atoms with Crippen molar-refractivity contribution in [3.8, 4) is 22.8 Å². The third kappa shape index (κ3) is 3.61. The van der Waals surface area contributed by atoms with E-state index < -0.39 is 15.9 Å². The lowest BCUT2D eigenvalue weighted by Gasteiger charge is -2.14. The molecule has 0 aliphatic heterocycles. The van der Waals surface area contributed by atoms with Gasteiger partial charge in [0.1, 0.15) is 11.6 Å². The summed E-state index contributed by atoms with van der Waals surface area (Å²) < 4.78 is 45.7. The van der Waals surface area contributed by atoms with E-state index in [2.05, 4.69) is 12.1 Å². The molecule has 0 unspecified atom stereocenters. The Kier molecular flexibility index (Phi) is 4.82. The topological polar surface area (TPSA) is 61.2 Å². The highest BCUT2D eigenvalue weighted by Crippen LogP contribution is 2.41. The lowest BCUT2D eigenvalue weighted by atomic mass is 10.00. The molecule has 7 heteroatoms. The van der Waals surface area contributed by atoms with E-state index in [1.807, 2.05) is 71.3 Å². The van der Waals surface area contributed by atoms with Crippen LogP contribution in [0.15, 0.2) is 97.1 Å². The van der Waals surface area contributed by atoms with Crippen LogP contribution in [0.5, 0.6) is 5.75 Å². The number of imidazole rings is 1. The van der Waals surface area contributed by atoms with Gasteiger partial charge >= 0.3 is 10.1 Å². The predicted molar refractivity (Wildman–Crippen MR) is 137 cm³/mol. The Labute approximate surface area is 201 Å². The number of fused-ring (bicyclic) bond motifs is 6. The van der Waals surface area contributed by atoms with Crippen molar-refractivity contribution < 1.29 is 17.0 Å². The molecule has 0 radical (unpaired) electrons. The molecule has 0 bridgehead atoms. The third-order valence-corrected chi connectivity index (χ3v) is 6.45. The Morgan fingerprint density at radius 2 is 1.37 bits per heavy atom. The smallest absolute Gasteiger partial charge is 0.306 e. The summed E-state index contributed by atoms with van der Waals surface area (Å²) in [5.41, 5.74) is 2.62. The van der Waals surface area contributed by atoms with Gasteiger partial charge in [0.25, 0.3) is 0 Å². The molecule has 0 aliphatic carbocycles. The van der Waals surface area contributed by atoms with Crippen LogP contribution in [-0.4, -0.2) is 24.2 Å². The van der Waals surface area contributed by atoms with Crippen LogP contribution in [0.4, 0.5) is 4.39 Å². The van der Waals surface area contributed by atoms with E-state index in [4.69, 9.17) is 9.17 Å². The number of nitrogens with zero attached hydrogens (tertiary/aromatic N) is 2. The zero-order chi connectivity index (χ0) is 24.2. The third-order valence-electron chi connectivity index (χ3n) is 5.97. The van der Waals surface area contributed by atoms with E-state index >= 15 is 0 Å². The van der Waals surface area contributed by atoms with Gasteiger partial charge in [-0.25, -0.2) is 9.37 Å². The van der Waals surface area contributed by atoms with Gasteiger partial charge in [0, 0.05) is 16.5 Å². The van der Waals surface area contributed by atoms with Crippen molar-refractivity contribution in [1.29, 1.82) is 0 Å². The van der Waals surface area contributed by atoms with E-state index in [-0.39, 0.29) is 11.3 Å². The molecular weight excluding hydrogens is 463 g/mol. The summed E-state index contributed by atoms with van der Waals surface area (Å²) >= 11 is 0. The summed E-state index contributed by atoms with van der Waals surface area (Å²) in [7, 11) is -3.86. The van der Waals surface area contributed by atoms with Crippen molar-refractivity contribution >= 4 is 42.7 Å². The summed E-state index contributed by atoms with van der Waals surface area (Å²) in [6.45, 7) is 0. The van der Waals surface area contributed by atoms with Crippen LogP contribution in [0, 0.1) is 5.82 Å². The van der Waals surface area contributed by atoms with E-state index in [1.165, 1.54) is 18.2 Å². The molecule has 0 saturated carbocycles. The molecule has 5 nitrogen and oxygen atoms in total. The van der Waals surface area contributed by atoms with Gasteiger partial charge in [-0.2, -0.15) is 8.42 Å². The fourth-order valence-corrected chi connectivity index (χ4v) is 5.10. The maximum Gasteiger partial charge on any atom is 0.306 e. The quantitative estimate of drug-likeness (QED) is 0.213. The number of para-hydroxylation sites is 1. The van der Waals surface area contributed by atoms with Crippen molar-refractivity contribution in [3.63, 3.8) is 0 Å². The van der Waals surface area contributed by atoms with Crippen molar-refractivity contribution in [2.24, 2.45) is 0 Å². The molecule has 0 atom stereocenters. The normalized spacial score (nSPS) is 11.9. The van der Waals surface area contributed by atoms with Gasteiger partial charge < -0.3 is 4.18 Å². The Bertz CT molecular complexity index is 1860. The number of aromatic nitrogens is 2.